The smallest absolute Gasteiger partial charge is 0.241 e. The Morgan fingerprint density at radius 1 is 1.35 bits per heavy atom. The van der Waals surface area contributed by atoms with E-state index < -0.39 is 0 Å². The third-order valence-corrected chi connectivity index (χ3v) is 3.37. The third kappa shape index (κ3) is 3.56. The highest BCUT2D eigenvalue weighted by atomic mass is 16.2. The zero-order valence-corrected chi connectivity index (χ0v) is 10.5. The normalized spacial score (nSPS) is 18.5. The molecule has 17 heavy (non-hydrogen) atoms. The average molecular weight is 232 g/mol. The number of carbonyl (C=O) groups is 1. The number of anilines is 1. The molecule has 3 heteroatoms. The molecule has 0 heterocycles. The number of rotatable bonds is 5. The topological polar surface area (TPSA) is 41.1 Å². The molecule has 0 radical (unpaired) electrons. The first-order valence-electron chi connectivity index (χ1n) is 6.18. The second kappa shape index (κ2) is 4.88. The van der Waals surface area contributed by atoms with Crippen LogP contribution in [0, 0.1) is 5.41 Å². The van der Waals surface area contributed by atoms with Crippen molar-refractivity contribution in [1.29, 1.82) is 0 Å². The van der Waals surface area contributed by atoms with Gasteiger partial charge in [0.05, 0.1) is 6.04 Å². The molecule has 2 rings (SSSR count). The molecule has 1 amide bonds. The van der Waals surface area contributed by atoms with E-state index in [4.69, 9.17) is 0 Å². The molecule has 1 atom stereocenters. The van der Waals surface area contributed by atoms with E-state index >= 15 is 0 Å². The predicted octanol–water partition coefficient (Wildman–Crippen LogP) is 2.40. The van der Waals surface area contributed by atoms with Crippen molar-refractivity contribution in [2.24, 2.45) is 5.41 Å². The maximum atomic E-state index is 11.9. The molecular formula is C14H20N2O. The molecule has 1 aliphatic carbocycles. The summed E-state index contributed by atoms with van der Waals surface area (Å²) < 4.78 is 0. The van der Waals surface area contributed by atoms with Crippen molar-refractivity contribution < 1.29 is 4.79 Å². The van der Waals surface area contributed by atoms with Gasteiger partial charge >= 0.3 is 0 Å². The molecule has 92 valence electrons. The van der Waals surface area contributed by atoms with E-state index in [0.29, 0.717) is 5.41 Å². The van der Waals surface area contributed by atoms with E-state index in [1.165, 1.54) is 12.8 Å². The number of hydrogen-bond acceptors (Lipinski definition) is 2. The van der Waals surface area contributed by atoms with Gasteiger partial charge in [-0.1, -0.05) is 25.1 Å². The Morgan fingerprint density at radius 2 is 2.00 bits per heavy atom. The van der Waals surface area contributed by atoms with Crippen LogP contribution in [0.3, 0.4) is 0 Å². The highest BCUT2D eigenvalue weighted by molar-refractivity contribution is 5.94. The molecular weight excluding hydrogens is 212 g/mol. The van der Waals surface area contributed by atoms with Crippen molar-refractivity contribution in [3.63, 3.8) is 0 Å². The van der Waals surface area contributed by atoms with Crippen molar-refractivity contribution in [3.05, 3.63) is 30.3 Å². The number of nitrogens with one attached hydrogen (secondary N) is 2. The van der Waals surface area contributed by atoms with Crippen LogP contribution in [-0.2, 0) is 4.79 Å². The highest BCUT2D eigenvalue weighted by Gasteiger charge is 2.37. The van der Waals surface area contributed by atoms with Crippen LogP contribution in [0.5, 0.6) is 0 Å². The molecule has 1 unspecified atom stereocenters. The van der Waals surface area contributed by atoms with Crippen molar-refractivity contribution in [3.8, 4) is 0 Å². The molecule has 1 aromatic carbocycles. The Balaban J connectivity index is 1.79. The number of benzene rings is 1. The van der Waals surface area contributed by atoms with Crippen LogP contribution in [0.4, 0.5) is 5.69 Å². The highest BCUT2D eigenvalue weighted by Crippen LogP contribution is 2.44. The van der Waals surface area contributed by atoms with Gasteiger partial charge in [0, 0.05) is 12.2 Å². The Bertz CT molecular complexity index is 384. The Morgan fingerprint density at radius 3 is 2.59 bits per heavy atom. The molecule has 1 saturated carbocycles. The Kier molecular flexibility index (Phi) is 3.48. The van der Waals surface area contributed by atoms with E-state index in [9.17, 15) is 4.79 Å². The monoisotopic (exact) mass is 232 g/mol. The number of hydrogen-bond donors (Lipinski definition) is 2. The third-order valence-electron chi connectivity index (χ3n) is 3.37. The summed E-state index contributed by atoms with van der Waals surface area (Å²) in [6, 6.07) is 9.41. The minimum absolute atomic E-state index is 0.0282. The Labute approximate surface area is 103 Å². The van der Waals surface area contributed by atoms with E-state index in [1.807, 2.05) is 37.3 Å². The van der Waals surface area contributed by atoms with E-state index in [0.717, 1.165) is 12.2 Å². The first kappa shape index (κ1) is 12.1. The summed E-state index contributed by atoms with van der Waals surface area (Å²) >= 11 is 0. The lowest BCUT2D eigenvalue weighted by Gasteiger charge is -2.16. The molecule has 0 bridgehead atoms. The summed E-state index contributed by atoms with van der Waals surface area (Å²) in [4.78, 5) is 11.9. The summed E-state index contributed by atoms with van der Waals surface area (Å²) in [7, 11) is 0. The fourth-order valence-electron chi connectivity index (χ4n) is 1.65. The van der Waals surface area contributed by atoms with Crippen LogP contribution < -0.4 is 10.6 Å². The standard InChI is InChI=1S/C14H20N2O/c1-11(15-10-14(2)8-9-14)13(17)16-12-6-4-3-5-7-12/h3-7,11,15H,8-10H2,1-2H3,(H,16,17). The lowest BCUT2D eigenvalue weighted by molar-refractivity contribution is -0.117. The molecule has 1 aromatic rings. The van der Waals surface area contributed by atoms with Gasteiger partial charge in [0.15, 0.2) is 0 Å². The molecule has 0 saturated heterocycles. The fraction of sp³-hybridized carbons (Fsp3) is 0.500. The van der Waals surface area contributed by atoms with Crippen LogP contribution in [0.2, 0.25) is 0 Å². The zero-order valence-electron chi connectivity index (χ0n) is 10.5. The van der Waals surface area contributed by atoms with Crippen LogP contribution >= 0.6 is 0 Å². The van der Waals surface area contributed by atoms with Gasteiger partial charge in [-0.15, -0.1) is 0 Å². The molecule has 3 nitrogen and oxygen atoms in total. The van der Waals surface area contributed by atoms with Crippen LogP contribution in [0.1, 0.15) is 26.7 Å². The molecule has 0 aliphatic heterocycles. The first-order valence-corrected chi connectivity index (χ1v) is 6.18. The lowest BCUT2D eigenvalue weighted by Crippen LogP contribution is -2.40. The van der Waals surface area contributed by atoms with E-state index in [2.05, 4.69) is 17.6 Å². The van der Waals surface area contributed by atoms with Crippen molar-refractivity contribution in [2.75, 3.05) is 11.9 Å². The van der Waals surface area contributed by atoms with Gasteiger partial charge in [-0.2, -0.15) is 0 Å². The summed E-state index contributed by atoms with van der Waals surface area (Å²) in [5.41, 5.74) is 1.28. The molecule has 2 N–H and O–H groups in total. The average Bonchev–Trinajstić information content (AvgIpc) is 3.06. The van der Waals surface area contributed by atoms with Crippen LogP contribution in [-0.4, -0.2) is 18.5 Å². The van der Waals surface area contributed by atoms with E-state index in [1.54, 1.807) is 0 Å². The second-order valence-corrected chi connectivity index (χ2v) is 5.27. The maximum absolute atomic E-state index is 11.9. The van der Waals surface area contributed by atoms with Crippen molar-refractivity contribution in [2.45, 2.75) is 32.7 Å². The largest absolute Gasteiger partial charge is 0.325 e. The summed E-state index contributed by atoms with van der Waals surface area (Å²) in [6.45, 7) is 5.09. The number of carbonyl (C=O) groups excluding carboxylic acids is 1. The van der Waals surface area contributed by atoms with Crippen LogP contribution in [0.15, 0.2) is 30.3 Å². The zero-order chi connectivity index (χ0) is 12.3. The lowest BCUT2D eigenvalue weighted by atomic mass is 10.1. The molecule has 1 fully saturated rings. The molecule has 1 aliphatic rings. The Hall–Kier alpha value is -1.35. The van der Waals surface area contributed by atoms with Gasteiger partial charge in [0.2, 0.25) is 5.91 Å². The van der Waals surface area contributed by atoms with Gasteiger partial charge in [0.1, 0.15) is 0 Å². The quantitative estimate of drug-likeness (QED) is 0.818. The minimum Gasteiger partial charge on any atom is -0.325 e. The van der Waals surface area contributed by atoms with E-state index in [-0.39, 0.29) is 11.9 Å². The number of para-hydroxylation sites is 1. The summed E-state index contributed by atoms with van der Waals surface area (Å²) in [6.07, 6.45) is 2.54. The summed E-state index contributed by atoms with van der Waals surface area (Å²) in [5, 5.41) is 6.19. The van der Waals surface area contributed by atoms with Crippen LogP contribution in [0.25, 0.3) is 0 Å². The molecule has 0 aromatic heterocycles. The molecule has 0 spiro atoms. The van der Waals surface area contributed by atoms with Gasteiger partial charge in [-0.25, -0.2) is 0 Å². The SMILES string of the molecule is CC(NCC1(C)CC1)C(=O)Nc1ccccc1. The van der Waals surface area contributed by atoms with Gasteiger partial charge < -0.3 is 10.6 Å². The summed E-state index contributed by atoms with van der Waals surface area (Å²) in [5.74, 6) is 0.0282. The van der Waals surface area contributed by atoms with Gasteiger partial charge in [-0.3, -0.25) is 4.79 Å². The second-order valence-electron chi connectivity index (χ2n) is 5.27. The fourth-order valence-corrected chi connectivity index (χ4v) is 1.65. The van der Waals surface area contributed by atoms with Gasteiger partial charge in [-0.05, 0) is 37.3 Å². The van der Waals surface area contributed by atoms with Crippen molar-refractivity contribution in [1.82, 2.24) is 5.32 Å². The number of amides is 1. The van der Waals surface area contributed by atoms with Gasteiger partial charge in [0.25, 0.3) is 0 Å². The predicted molar refractivity (Wildman–Crippen MR) is 69.9 cm³/mol. The maximum Gasteiger partial charge on any atom is 0.241 e. The first-order chi connectivity index (χ1) is 8.09. The van der Waals surface area contributed by atoms with Crippen molar-refractivity contribution >= 4 is 11.6 Å². The minimum atomic E-state index is -0.146.